The van der Waals surface area contributed by atoms with Crippen molar-refractivity contribution in [2.24, 2.45) is 7.05 Å². The second kappa shape index (κ2) is 8.99. The molecule has 32 heavy (non-hydrogen) atoms. The van der Waals surface area contributed by atoms with E-state index < -0.39 is 22.8 Å². The van der Waals surface area contributed by atoms with Crippen molar-refractivity contribution in [3.05, 3.63) is 45.7 Å². The van der Waals surface area contributed by atoms with Gasteiger partial charge in [0.1, 0.15) is 5.69 Å². The summed E-state index contributed by atoms with van der Waals surface area (Å²) in [5.41, 5.74) is 2.21. The highest BCUT2D eigenvalue weighted by Gasteiger charge is 2.29. The molecule has 13 heteroatoms. The number of rotatable bonds is 8. The van der Waals surface area contributed by atoms with Gasteiger partial charge in [-0.2, -0.15) is 14.9 Å². The van der Waals surface area contributed by atoms with E-state index in [2.05, 4.69) is 25.9 Å². The number of carbonyl (C=O) groups is 2. The lowest BCUT2D eigenvalue weighted by molar-refractivity contribution is -0.389. The van der Waals surface area contributed by atoms with Crippen molar-refractivity contribution in [1.29, 1.82) is 0 Å². The second-order valence-corrected chi connectivity index (χ2v) is 7.20. The quantitative estimate of drug-likeness (QED) is 0.399. The summed E-state index contributed by atoms with van der Waals surface area (Å²) < 4.78 is 4.42. The Morgan fingerprint density at radius 2 is 1.84 bits per heavy atom. The van der Waals surface area contributed by atoms with Gasteiger partial charge in [0.15, 0.2) is 6.04 Å². The molecule has 1 atom stereocenters. The van der Waals surface area contributed by atoms with Crippen LogP contribution in [-0.2, 0) is 18.4 Å². The summed E-state index contributed by atoms with van der Waals surface area (Å²) in [7, 11) is 1.76. The van der Waals surface area contributed by atoms with Crippen LogP contribution in [0, 0.1) is 24.0 Å². The van der Waals surface area contributed by atoms with Crippen LogP contribution < -0.4 is 10.6 Å². The lowest BCUT2D eigenvalue weighted by atomic mass is 10.2. The number of nitrogens with zero attached hydrogens (tertiary/aromatic N) is 7. The molecule has 3 aromatic heterocycles. The molecule has 1 unspecified atom stereocenters. The van der Waals surface area contributed by atoms with E-state index in [0.717, 1.165) is 5.69 Å². The van der Waals surface area contributed by atoms with Gasteiger partial charge in [-0.25, -0.2) is 0 Å². The van der Waals surface area contributed by atoms with Crippen molar-refractivity contribution >= 4 is 29.0 Å². The monoisotopic (exact) mass is 443 g/mol. The number of aromatic nitrogens is 6. The molecular formula is C19H25N9O4. The van der Waals surface area contributed by atoms with Gasteiger partial charge in [0.05, 0.1) is 46.3 Å². The summed E-state index contributed by atoms with van der Waals surface area (Å²) in [5, 5.41) is 28.8. The first-order valence-corrected chi connectivity index (χ1v) is 10.0. The zero-order valence-corrected chi connectivity index (χ0v) is 18.5. The Kier molecular flexibility index (Phi) is 6.37. The third-order valence-electron chi connectivity index (χ3n) is 5.18. The molecule has 2 N–H and O–H groups in total. The van der Waals surface area contributed by atoms with E-state index in [0.29, 0.717) is 24.3 Å². The zero-order valence-electron chi connectivity index (χ0n) is 18.5. The first kappa shape index (κ1) is 22.7. The van der Waals surface area contributed by atoms with E-state index >= 15 is 0 Å². The molecule has 0 saturated carbocycles. The van der Waals surface area contributed by atoms with E-state index in [1.165, 1.54) is 21.6 Å². The molecule has 0 bridgehead atoms. The minimum Gasteiger partial charge on any atom is -0.358 e. The average molecular weight is 443 g/mol. The van der Waals surface area contributed by atoms with Gasteiger partial charge in [-0.3, -0.25) is 19.0 Å². The third kappa shape index (κ3) is 4.22. The van der Waals surface area contributed by atoms with Crippen molar-refractivity contribution < 1.29 is 14.5 Å². The third-order valence-corrected chi connectivity index (χ3v) is 5.18. The smallest absolute Gasteiger partial charge is 0.358 e. The van der Waals surface area contributed by atoms with E-state index in [-0.39, 0.29) is 17.2 Å². The Labute approximate surface area is 183 Å². The Bertz CT molecular complexity index is 1170. The number of carbonyl (C=O) groups excluding carboxylic acids is 2. The zero-order chi connectivity index (χ0) is 23.6. The number of hydrogen-bond donors (Lipinski definition) is 2. The SMILES string of the molecule is CCC(C(=O)Nc1cnn(CC)c1C(=O)Nc1cnn(C)c1C)n1nc([N+](=O)[O-])cc1C. The van der Waals surface area contributed by atoms with Crippen LogP contribution >= 0.6 is 0 Å². The highest BCUT2D eigenvalue weighted by atomic mass is 16.6. The molecule has 2 amide bonds. The number of amides is 2. The van der Waals surface area contributed by atoms with E-state index in [1.807, 2.05) is 13.8 Å². The molecule has 0 saturated heterocycles. The van der Waals surface area contributed by atoms with Gasteiger partial charge in [-0.15, -0.1) is 0 Å². The number of nitro groups is 1. The summed E-state index contributed by atoms with van der Waals surface area (Å²) in [4.78, 5) is 36.5. The molecule has 0 aliphatic heterocycles. The van der Waals surface area contributed by atoms with Crippen molar-refractivity contribution in [3.8, 4) is 0 Å². The molecular weight excluding hydrogens is 418 g/mol. The van der Waals surface area contributed by atoms with Gasteiger partial charge >= 0.3 is 5.82 Å². The highest BCUT2D eigenvalue weighted by molar-refractivity contribution is 6.09. The maximum Gasteiger partial charge on any atom is 0.390 e. The standard InChI is InChI=1S/C19H25N9O4/c1-6-15(27-11(3)8-16(24-27)28(31)32)18(29)23-14-10-21-26(7-2)17(14)19(30)22-13-9-20-25(5)12(13)4/h8-10,15H,6-7H2,1-5H3,(H,22,30)(H,23,29). The van der Waals surface area contributed by atoms with Gasteiger partial charge < -0.3 is 20.7 Å². The lowest BCUT2D eigenvalue weighted by Gasteiger charge is -2.15. The number of hydrogen-bond acceptors (Lipinski definition) is 7. The molecule has 0 aliphatic carbocycles. The Hall–Kier alpha value is -4.03. The van der Waals surface area contributed by atoms with E-state index in [4.69, 9.17) is 0 Å². The van der Waals surface area contributed by atoms with E-state index in [1.54, 1.807) is 31.8 Å². The fourth-order valence-corrected chi connectivity index (χ4v) is 3.32. The molecule has 0 aromatic carbocycles. The van der Waals surface area contributed by atoms with Gasteiger partial charge in [0, 0.05) is 13.6 Å². The molecule has 0 spiro atoms. The van der Waals surface area contributed by atoms with Crippen LogP contribution in [0.3, 0.4) is 0 Å². The number of nitrogens with one attached hydrogen (secondary N) is 2. The van der Waals surface area contributed by atoms with Crippen LogP contribution in [0.4, 0.5) is 17.2 Å². The Morgan fingerprint density at radius 1 is 1.16 bits per heavy atom. The minimum absolute atomic E-state index is 0.183. The van der Waals surface area contributed by atoms with Gasteiger partial charge in [0.25, 0.3) is 11.8 Å². The molecule has 170 valence electrons. The van der Waals surface area contributed by atoms with Crippen molar-refractivity contribution in [1.82, 2.24) is 29.3 Å². The van der Waals surface area contributed by atoms with Crippen LogP contribution in [0.25, 0.3) is 0 Å². The first-order chi connectivity index (χ1) is 15.2. The van der Waals surface area contributed by atoms with E-state index in [9.17, 15) is 19.7 Å². The van der Waals surface area contributed by atoms with Gasteiger partial charge in [-0.1, -0.05) is 6.92 Å². The van der Waals surface area contributed by atoms with Crippen LogP contribution in [0.5, 0.6) is 0 Å². The topological polar surface area (TPSA) is 155 Å². The van der Waals surface area contributed by atoms with Crippen molar-refractivity contribution in [2.45, 2.75) is 46.7 Å². The summed E-state index contributed by atoms with van der Waals surface area (Å²) in [6.07, 6.45) is 3.28. The van der Waals surface area contributed by atoms with Crippen LogP contribution in [-0.4, -0.2) is 46.1 Å². The maximum atomic E-state index is 13.0. The molecule has 0 aliphatic rings. The summed E-state index contributed by atoms with van der Waals surface area (Å²) >= 11 is 0. The maximum absolute atomic E-state index is 13.0. The number of aryl methyl sites for hydroxylation is 3. The predicted molar refractivity (Wildman–Crippen MR) is 115 cm³/mol. The summed E-state index contributed by atoms with van der Waals surface area (Å²) in [6.45, 7) is 7.46. The molecule has 3 rings (SSSR count). The summed E-state index contributed by atoms with van der Waals surface area (Å²) in [5.74, 6) is -1.25. The van der Waals surface area contributed by atoms with Crippen molar-refractivity contribution in [2.75, 3.05) is 10.6 Å². The molecule has 13 nitrogen and oxygen atoms in total. The predicted octanol–water partition coefficient (Wildman–Crippen LogP) is 2.20. The lowest BCUT2D eigenvalue weighted by Crippen LogP contribution is -2.28. The average Bonchev–Trinajstić information content (AvgIpc) is 3.42. The van der Waals surface area contributed by atoms with Crippen LogP contribution in [0.1, 0.15) is 48.2 Å². The molecule has 0 fully saturated rings. The van der Waals surface area contributed by atoms with Crippen LogP contribution in [0.15, 0.2) is 18.5 Å². The second-order valence-electron chi connectivity index (χ2n) is 7.20. The van der Waals surface area contributed by atoms with Crippen molar-refractivity contribution in [3.63, 3.8) is 0 Å². The summed E-state index contributed by atoms with van der Waals surface area (Å²) in [6, 6.07) is 0.505. The van der Waals surface area contributed by atoms with Gasteiger partial charge in [-0.05, 0) is 32.1 Å². The normalized spacial score (nSPS) is 11.9. The molecule has 0 radical (unpaired) electrons. The minimum atomic E-state index is -0.801. The fourth-order valence-electron chi connectivity index (χ4n) is 3.32. The Morgan fingerprint density at radius 3 is 2.38 bits per heavy atom. The largest absolute Gasteiger partial charge is 0.390 e. The Balaban J connectivity index is 1.87. The molecule has 3 heterocycles. The number of anilines is 2. The first-order valence-electron chi connectivity index (χ1n) is 10.0. The van der Waals surface area contributed by atoms with Gasteiger partial charge in [0.2, 0.25) is 0 Å². The highest BCUT2D eigenvalue weighted by Crippen LogP contribution is 2.23. The molecule has 3 aromatic rings. The fraction of sp³-hybridized carbons (Fsp3) is 0.421. The van der Waals surface area contributed by atoms with Crippen LogP contribution in [0.2, 0.25) is 0 Å².